The summed E-state index contributed by atoms with van der Waals surface area (Å²) < 4.78 is 0. The number of rotatable bonds is 3. The summed E-state index contributed by atoms with van der Waals surface area (Å²) in [7, 11) is 5.81. The molecular weight excluding hydrogens is 152 g/mol. The quantitative estimate of drug-likeness (QED) is 0.643. The first-order chi connectivity index (χ1) is 5.77. The third-order valence-corrected chi connectivity index (χ3v) is 2.91. The summed E-state index contributed by atoms with van der Waals surface area (Å²) in [6.45, 7) is 0. The molecule has 0 amide bonds. The second-order valence-corrected chi connectivity index (χ2v) is 3.52. The molecule has 12 heavy (non-hydrogen) atoms. The van der Waals surface area contributed by atoms with Gasteiger partial charge in [0.2, 0.25) is 0 Å². The highest BCUT2D eigenvalue weighted by atomic mass is 16.7. The van der Waals surface area contributed by atoms with Crippen LogP contribution in [-0.4, -0.2) is 38.4 Å². The standard InChI is InChI=1S/C9H20N2O/c1-10-8-4-6-9(7-5-8)11(2)12-3/h8-10H,4-7H2,1-3H3. The van der Waals surface area contributed by atoms with Crippen LogP contribution in [0.2, 0.25) is 0 Å². The minimum atomic E-state index is 0.625. The molecule has 0 spiro atoms. The van der Waals surface area contributed by atoms with Gasteiger partial charge >= 0.3 is 0 Å². The second-order valence-electron chi connectivity index (χ2n) is 3.52. The molecule has 0 aromatic heterocycles. The minimum absolute atomic E-state index is 0.625. The van der Waals surface area contributed by atoms with E-state index in [1.54, 1.807) is 7.11 Å². The summed E-state index contributed by atoms with van der Waals surface area (Å²) in [6.07, 6.45) is 5.04. The normalized spacial score (nSPS) is 31.0. The number of nitrogens with zero attached hydrogens (tertiary/aromatic N) is 1. The van der Waals surface area contributed by atoms with Crippen LogP contribution in [0.3, 0.4) is 0 Å². The van der Waals surface area contributed by atoms with E-state index in [0.717, 1.165) is 6.04 Å². The molecule has 0 heterocycles. The van der Waals surface area contributed by atoms with Gasteiger partial charge in [0, 0.05) is 19.1 Å². The maximum atomic E-state index is 5.17. The van der Waals surface area contributed by atoms with Crippen molar-refractivity contribution in [2.45, 2.75) is 37.8 Å². The lowest BCUT2D eigenvalue weighted by Crippen LogP contribution is -2.39. The van der Waals surface area contributed by atoms with Crippen LogP contribution in [0, 0.1) is 0 Å². The molecule has 3 nitrogen and oxygen atoms in total. The lowest BCUT2D eigenvalue weighted by Gasteiger charge is -2.32. The fourth-order valence-corrected chi connectivity index (χ4v) is 1.88. The highest BCUT2D eigenvalue weighted by molar-refractivity contribution is 4.78. The van der Waals surface area contributed by atoms with Crippen LogP contribution < -0.4 is 5.32 Å². The average molecular weight is 172 g/mol. The molecule has 1 saturated carbocycles. The Labute approximate surface area is 75.0 Å². The fraction of sp³-hybridized carbons (Fsp3) is 1.00. The smallest absolute Gasteiger partial charge is 0.0575 e. The van der Waals surface area contributed by atoms with Gasteiger partial charge < -0.3 is 10.2 Å². The Morgan fingerprint density at radius 1 is 1.25 bits per heavy atom. The van der Waals surface area contributed by atoms with E-state index >= 15 is 0 Å². The highest BCUT2D eigenvalue weighted by Crippen LogP contribution is 2.21. The summed E-state index contributed by atoms with van der Waals surface area (Å²) >= 11 is 0. The zero-order valence-electron chi connectivity index (χ0n) is 8.34. The molecule has 0 saturated heterocycles. The van der Waals surface area contributed by atoms with E-state index in [1.807, 2.05) is 19.2 Å². The molecule has 0 aliphatic heterocycles. The van der Waals surface area contributed by atoms with Crippen LogP contribution in [0.1, 0.15) is 25.7 Å². The van der Waals surface area contributed by atoms with Crippen molar-refractivity contribution in [1.82, 2.24) is 10.4 Å². The van der Waals surface area contributed by atoms with E-state index < -0.39 is 0 Å². The molecule has 1 aliphatic carbocycles. The largest absolute Gasteiger partial charge is 0.317 e. The Bertz CT molecular complexity index is 122. The molecule has 72 valence electrons. The number of hydrogen-bond acceptors (Lipinski definition) is 3. The molecule has 1 fully saturated rings. The van der Waals surface area contributed by atoms with E-state index in [-0.39, 0.29) is 0 Å². The zero-order valence-corrected chi connectivity index (χ0v) is 8.34. The van der Waals surface area contributed by atoms with Gasteiger partial charge in [0.15, 0.2) is 0 Å². The van der Waals surface area contributed by atoms with Gasteiger partial charge in [0.05, 0.1) is 7.11 Å². The summed E-state index contributed by atoms with van der Waals surface area (Å²) in [4.78, 5) is 5.17. The lowest BCUT2D eigenvalue weighted by molar-refractivity contribution is -0.148. The second kappa shape index (κ2) is 4.80. The molecule has 0 aromatic rings. The molecule has 0 atom stereocenters. The molecular formula is C9H20N2O. The first kappa shape index (κ1) is 9.96. The third kappa shape index (κ3) is 2.44. The molecule has 0 bridgehead atoms. The van der Waals surface area contributed by atoms with Crippen LogP contribution in [0.4, 0.5) is 0 Å². The van der Waals surface area contributed by atoms with Crippen LogP contribution in [0.15, 0.2) is 0 Å². The summed E-state index contributed by atoms with van der Waals surface area (Å²) in [6, 6.07) is 1.35. The zero-order chi connectivity index (χ0) is 8.97. The monoisotopic (exact) mass is 172 g/mol. The van der Waals surface area contributed by atoms with Gasteiger partial charge in [-0.05, 0) is 32.7 Å². The topological polar surface area (TPSA) is 24.5 Å². The molecule has 0 radical (unpaired) electrons. The van der Waals surface area contributed by atoms with E-state index in [1.165, 1.54) is 25.7 Å². The number of hydrogen-bond donors (Lipinski definition) is 1. The maximum absolute atomic E-state index is 5.17. The molecule has 1 aliphatic rings. The Kier molecular flexibility index (Phi) is 3.98. The van der Waals surface area contributed by atoms with Crippen molar-refractivity contribution in [3.8, 4) is 0 Å². The van der Waals surface area contributed by atoms with Crippen LogP contribution in [0.5, 0.6) is 0 Å². The van der Waals surface area contributed by atoms with E-state index in [4.69, 9.17) is 4.84 Å². The van der Waals surface area contributed by atoms with E-state index in [2.05, 4.69) is 5.32 Å². The van der Waals surface area contributed by atoms with E-state index in [0.29, 0.717) is 6.04 Å². The van der Waals surface area contributed by atoms with Crippen LogP contribution >= 0.6 is 0 Å². The van der Waals surface area contributed by atoms with Gasteiger partial charge in [-0.25, -0.2) is 0 Å². The van der Waals surface area contributed by atoms with Crippen LogP contribution in [0.25, 0.3) is 0 Å². The van der Waals surface area contributed by atoms with Gasteiger partial charge in [0.1, 0.15) is 0 Å². The average Bonchev–Trinajstić information content (AvgIpc) is 2.17. The molecule has 0 aromatic carbocycles. The lowest BCUT2D eigenvalue weighted by atomic mass is 9.91. The van der Waals surface area contributed by atoms with Crippen molar-refractivity contribution in [3.63, 3.8) is 0 Å². The summed E-state index contributed by atoms with van der Waals surface area (Å²) in [5, 5.41) is 5.30. The van der Waals surface area contributed by atoms with Crippen molar-refractivity contribution < 1.29 is 4.84 Å². The Morgan fingerprint density at radius 3 is 2.25 bits per heavy atom. The molecule has 1 N–H and O–H groups in total. The SMILES string of the molecule is CNC1CCC(N(C)OC)CC1. The Morgan fingerprint density at radius 2 is 1.83 bits per heavy atom. The Balaban J connectivity index is 2.25. The van der Waals surface area contributed by atoms with Crippen molar-refractivity contribution in [1.29, 1.82) is 0 Å². The predicted molar refractivity (Wildman–Crippen MR) is 49.9 cm³/mol. The molecule has 3 heteroatoms. The van der Waals surface area contributed by atoms with Gasteiger partial charge in [-0.15, -0.1) is 0 Å². The third-order valence-electron chi connectivity index (χ3n) is 2.91. The van der Waals surface area contributed by atoms with Crippen molar-refractivity contribution in [2.24, 2.45) is 0 Å². The fourth-order valence-electron chi connectivity index (χ4n) is 1.88. The maximum Gasteiger partial charge on any atom is 0.0575 e. The van der Waals surface area contributed by atoms with Gasteiger partial charge in [-0.1, -0.05) is 0 Å². The predicted octanol–water partition coefficient (Wildman–Crippen LogP) is 1.01. The summed E-state index contributed by atoms with van der Waals surface area (Å²) in [5.74, 6) is 0. The van der Waals surface area contributed by atoms with Crippen molar-refractivity contribution in [2.75, 3.05) is 21.2 Å². The van der Waals surface area contributed by atoms with Gasteiger partial charge in [-0.2, -0.15) is 5.06 Å². The number of hydroxylamine groups is 2. The van der Waals surface area contributed by atoms with E-state index in [9.17, 15) is 0 Å². The molecule has 1 rings (SSSR count). The Hall–Kier alpha value is -0.120. The van der Waals surface area contributed by atoms with Gasteiger partial charge in [-0.3, -0.25) is 0 Å². The molecule has 0 unspecified atom stereocenters. The van der Waals surface area contributed by atoms with Crippen molar-refractivity contribution in [3.05, 3.63) is 0 Å². The first-order valence-electron chi connectivity index (χ1n) is 4.72. The highest BCUT2D eigenvalue weighted by Gasteiger charge is 2.22. The van der Waals surface area contributed by atoms with Crippen LogP contribution in [-0.2, 0) is 4.84 Å². The first-order valence-corrected chi connectivity index (χ1v) is 4.72. The number of nitrogens with one attached hydrogen (secondary N) is 1. The summed E-state index contributed by atoms with van der Waals surface area (Å²) in [5.41, 5.74) is 0. The minimum Gasteiger partial charge on any atom is -0.317 e. The van der Waals surface area contributed by atoms with Gasteiger partial charge in [0.25, 0.3) is 0 Å². The van der Waals surface area contributed by atoms with Crippen molar-refractivity contribution >= 4 is 0 Å².